The van der Waals surface area contributed by atoms with E-state index in [0.29, 0.717) is 6.04 Å². The second kappa shape index (κ2) is 3.94. The van der Waals surface area contributed by atoms with Crippen molar-refractivity contribution in [2.75, 3.05) is 27.2 Å². The van der Waals surface area contributed by atoms with Crippen molar-refractivity contribution < 1.29 is 4.48 Å². The van der Waals surface area contributed by atoms with Gasteiger partial charge >= 0.3 is 0 Å². The molecule has 0 bridgehead atoms. The summed E-state index contributed by atoms with van der Waals surface area (Å²) in [6, 6.07) is 0.701. The van der Waals surface area contributed by atoms with E-state index in [-0.39, 0.29) is 0 Å². The van der Waals surface area contributed by atoms with Crippen molar-refractivity contribution in [3.8, 4) is 0 Å². The largest absolute Gasteiger partial charge is 0.330 e. The molecular formula is C8H21N2+. The van der Waals surface area contributed by atoms with Crippen molar-refractivity contribution in [1.29, 1.82) is 0 Å². The lowest BCUT2D eigenvalue weighted by atomic mass is 10.2. The minimum Gasteiger partial charge on any atom is -0.330 e. The maximum atomic E-state index is 5.43. The number of nitrogens with zero attached hydrogens (tertiary/aromatic N) is 1. The summed E-state index contributed by atoms with van der Waals surface area (Å²) in [6.07, 6.45) is 1.13. The molecule has 0 saturated heterocycles. The average molecular weight is 145 g/mol. The smallest absolute Gasteiger partial charge is 0.0829 e. The van der Waals surface area contributed by atoms with E-state index in [1.807, 2.05) is 0 Å². The molecule has 0 aliphatic heterocycles. The molecule has 0 fully saturated rings. The van der Waals surface area contributed by atoms with Crippen LogP contribution in [0, 0.1) is 0 Å². The van der Waals surface area contributed by atoms with Gasteiger partial charge in [0, 0.05) is 6.42 Å². The Bertz CT molecular complexity index is 87.3. The van der Waals surface area contributed by atoms with Crippen LogP contribution in [0.2, 0.25) is 0 Å². The predicted molar refractivity (Wildman–Crippen MR) is 45.8 cm³/mol. The summed E-state index contributed by atoms with van der Waals surface area (Å²) >= 11 is 0. The molecule has 0 amide bonds. The van der Waals surface area contributed by atoms with Gasteiger partial charge in [0.1, 0.15) is 0 Å². The summed E-state index contributed by atoms with van der Waals surface area (Å²) in [5.41, 5.74) is 5.43. The molecule has 2 heteroatoms. The van der Waals surface area contributed by atoms with Gasteiger partial charge in [0.2, 0.25) is 0 Å². The number of nitrogens with two attached hydrogens (primary N) is 1. The van der Waals surface area contributed by atoms with Crippen LogP contribution in [0.1, 0.15) is 20.3 Å². The highest BCUT2D eigenvalue weighted by atomic mass is 15.3. The Kier molecular flexibility index (Phi) is 3.91. The first-order valence-corrected chi connectivity index (χ1v) is 4.03. The van der Waals surface area contributed by atoms with Gasteiger partial charge in [0.15, 0.2) is 0 Å². The molecule has 0 saturated carbocycles. The Morgan fingerprint density at radius 1 is 1.30 bits per heavy atom. The van der Waals surface area contributed by atoms with E-state index in [4.69, 9.17) is 5.73 Å². The third-order valence-corrected chi connectivity index (χ3v) is 2.34. The summed E-state index contributed by atoms with van der Waals surface area (Å²) in [5.74, 6) is 0. The second-order valence-electron chi connectivity index (χ2n) is 3.74. The number of rotatable bonds is 4. The van der Waals surface area contributed by atoms with Crippen molar-refractivity contribution in [3.05, 3.63) is 0 Å². The lowest BCUT2D eigenvalue weighted by Crippen LogP contribution is -2.46. The van der Waals surface area contributed by atoms with Crippen LogP contribution >= 0.6 is 0 Å². The third-order valence-electron chi connectivity index (χ3n) is 2.34. The Morgan fingerprint density at radius 2 is 1.80 bits per heavy atom. The molecule has 0 aromatic rings. The zero-order chi connectivity index (χ0) is 8.20. The first-order chi connectivity index (χ1) is 4.50. The summed E-state index contributed by atoms with van der Waals surface area (Å²) in [7, 11) is 4.50. The quantitative estimate of drug-likeness (QED) is 0.582. The van der Waals surface area contributed by atoms with Crippen molar-refractivity contribution in [2.45, 2.75) is 26.3 Å². The molecule has 62 valence electrons. The van der Waals surface area contributed by atoms with Crippen molar-refractivity contribution >= 4 is 0 Å². The van der Waals surface area contributed by atoms with Crippen LogP contribution in [-0.2, 0) is 0 Å². The molecule has 0 atom stereocenters. The first kappa shape index (κ1) is 9.92. The number of quaternary nitrogens is 1. The lowest BCUT2D eigenvalue weighted by molar-refractivity contribution is -0.911. The van der Waals surface area contributed by atoms with Gasteiger partial charge < -0.3 is 10.2 Å². The Labute approximate surface area is 64.6 Å². The van der Waals surface area contributed by atoms with Crippen LogP contribution in [0.4, 0.5) is 0 Å². The monoisotopic (exact) mass is 145 g/mol. The minimum atomic E-state index is 0.701. The fourth-order valence-electron chi connectivity index (χ4n) is 0.757. The van der Waals surface area contributed by atoms with Gasteiger partial charge in [-0.25, -0.2) is 0 Å². The lowest BCUT2D eigenvalue weighted by Gasteiger charge is -2.34. The molecule has 0 rings (SSSR count). The minimum absolute atomic E-state index is 0.701. The maximum Gasteiger partial charge on any atom is 0.0829 e. The van der Waals surface area contributed by atoms with Crippen LogP contribution in [-0.4, -0.2) is 37.7 Å². The van der Waals surface area contributed by atoms with Crippen molar-refractivity contribution in [3.63, 3.8) is 0 Å². The predicted octanol–water partition coefficient (Wildman–Crippen LogP) is 0.820. The molecule has 0 radical (unpaired) electrons. The van der Waals surface area contributed by atoms with E-state index in [9.17, 15) is 0 Å². The van der Waals surface area contributed by atoms with Gasteiger partial charge in [-0.1, -0.05) is 0 Å². The molecule has 0 aromatic carbocycles. The van der Waals surface area contributed by atoms with E-state index < -0.39 is 0 Å². The molecule has 0 aliphatic rings. The van der Waals surface area contributed by atoms with E-state index >= 15 is 0 Å². The van der Waals surface area contributed by atoms with E-state index in [1.165, 1.54) is 6.54 Å². The molecule has 0 aromatic heterocycles. The highest BCUT2D eigenvalue weighted by Gasteiger charge is 2.17. The van der Waals surface area contributed by atoms with E-state index in [0.717, 1.165) is 17.4 Å². The zero-order valence-electron chi connectivity index (χ0n) is 7.72. The molecule has 2 nitrogen and oxygen atoms in total. The van der Waals surface area contributed by atoms with Crippen molar-refractivity contribution in [2.24, 2.45) is 5.73 Å². The second-order valence-corrected chi connectivity index (χ2v) is 3.74. The van der Waals surface area contributed by atoms with Gasteiger partial charge in [0.25, 0.3) is 0 Å². The zero-order valence-corrected chi connectivity index (χ0v) is 7.72. The van der Waals surface area contributed by atoms with Gasteiger partial charge in [-0.2, -0.15) is 0 Å². The standard InChI is InChI=1S/C8H21N2/c1-8(2)10(3,4)7-5-6-9/h8H,5-7,9H2,1-4H3/q+1. The summed E-state index contributed by atoms with van der Waals surface area (Å²) in [6.45, 7) is 6.50. The average Bonchev–Trinajstić information content (AvgIpc) is 1.84. The Hall–Kier alpha value is -0.0800. The van der Waals surface area contributed by atoms with E-state index in [2.05, 4.69) is 27.9 Å². The van der Waals surface area contributed by atoms with Crippen LogP contribution in [0.3, 0.4) is 0 Å². The van der Waals surface area contributed by atoms with Gasteiger partial charge in [0.05, 0.1) is 26.7 Å². The van der Waals surface area contributed by atoms with Crippen LogP contribution in [0.15, 0.2) is 0 Å². The Morgan fingerprint density at radius 3 is 2.10 bits per heavy atom. The maximum absolute atomic E-state index is 5.43. The molecule has 2 N–H and O–H groups in total. The third kappa shape index (κ3) is 3.18. The number of hydrogen-bond acceptors (Lipinski definition) is 1. The topological polar surface area (TPSA) is 26.0 Å². The molecule has 0 spiro atoms. The SMILES string of the molecule is CC(C)[N+](C)(C)CCCN. The van der Waals surface area contributed by atoms with Crippen LogP contribution < -0.4 is 5.73 Å². The number of hydrogen-bond donors (Lipinski definition) is 1. The summed E-state index contributed by atoms with van der Waals surface area (Å²) in [5, 5.41) is 0. The fraction of sp³-hybridized carbons (Fsp3) is 1.00. The van der Waals surface area contributed by atoms with E-state index in [1.54, 1.807) is 0 Å². The molecular weight excluding hydrogens is 124 g/mol. The summed E-state index contributed by atoms with van der Waals surface area (Å²) in [4.78, 5) is 0. The van der Waals surface area contributed by atoms with Crippen LogP contribution in [0.5, 0.6) is 0 Å². The van der Waals surface area contributed by atoms with Crippen LogP contribution in [0.25, 0.3) is 0 Å². The Balaban J connectivity index is 3.63. The molecule has 0 aliphatic carbocycles. The highest BCUT2D eigenvalue weighted by molar-refractivity contribution is 4.42. The fourth-order valence-corrected chi connectivity index (χ4v) is 0.757. The van der Waals surface area contributed by atoms with Gasteiger partial charge in [-0.05, 0) is 20.4 Å². The molecule has 10 heavy (non-hydrogen) atoms. The summed E-state index contributed by atoms with van der Waals surface area (Å²) < 4.78 is 1.08. The molecule has 0 heterocycles. The highest BCUT2D eigenvalue weighted by Crippen LogP contribution is 2.05. The normalized spacial score (nSPS) is 12.6. The van der Waals surface area contributed by atoms with Gasteiger partial charge in [-0.3, -0.25) is 0 Å². The molecule has 0 unspecified atom stereocenters. The van der Waals surface area contributed by atoms with Gasteiger partial charge in [-0.15, -0.1) is 0 Å². The van der Waals surface area contributed by atoms with Crippen molar-refractivity contribution in [1.82, 2.24) is 0 Å². The first-order valence-electron chi connectivity index (χ1n) is 4.03.